The van der Waals surface area contributed by atoms with Gasteiger partial charge in [-0.15, -0.1) is 0 Å². The summed E-state index contributed by atoms with van der Waals surface area (Å²) in [6.45, 7) is 11.8. The fraction of sp³-hybridized carbons (Fsp3) is 0.909. The monoisotopic (exact) mass is 244 g/mol. The standard InChI is InChI=1S/C11H24N2O2Si/c1-11(2,3)16(4,5)15-7-6-8-9(12)10(14)13-8/h8-9H,6-7,12H2,1-5H3,(H,13,14). The lowest BCUT2D eigenvalue weighted by atomic mass is 9.97. The third-order valence-electron chi connectivity index (χ3n) is 3.76. The van der Waals surface area contributed by atoms with Crippen LogP contribution in [0.2, 0.25) is 18.1 Å². The number of nitrogens with two attached hydrogens (primary N) is 1. The molecule has 1 aliphatic heterocycles. The average Bonchev–Trinajstić information content (AvgIpc) is 2.14. The number of hydrogen-bond donors (Lipinski definition) is 2. The van der Waals surface area contributed by atoms with Crippen molar-refractivity contribution in [1.82, 2.24) is 5.32 Å². The molecule has 0 bridgehead atoms. The first-order chi connectivity index (χ1) is 7.15. The van der Waals surface area contributed by atoms with E-state index in [9.17, 15) is 4.79 Å². The molecule has 1 saturated heterocycles. The molecule has 0 aromatic heterocycles. The van der Waals surface area contributed by atoms with Gasteiger partial charge in [-0.25, -0.2) is 0 Å². The minimum absolute atomic E-state index is 0.0441. The molecule has 0 aliphatic carbocycles. The van der Waals surface area contributed by atoms with E-state index in [-0.39, 0.29) is 23.0 Å². The highest BCUT2D eigenvalue weighted by Crippen LogP contribution is 2.36. The molecular weight excluding hydrogens is 220 g/mol. The molecule has 0 radical (unpaired) electrons. The van der Waals surface area contributed by atoms with E-state index in [1.54, 1.807) is 0 Å². The van der Waals surface area contributed by atoms with Crippen molar-refractivity contribution in [1.29, 1.82) is 0 Å². The second kappa shape index (κ2) is 4.47. The van der Waals surface area contributed by atoms with Gasteiger partial charge in [-0.1, -0.05) is 20.8 Å². The summed E-state index contributed by atoms with van der Waals surface area (Å²) in [7, 11) is -1.65. The largest absolute Gasteiger partial charge is 0.417 e. The van der Waals surface area contributed by atoms with Crippen molar-refractivity contribution < 1.29 is 9.22 Å². The van der Waals surface area contributed by atoms with Crippen LogP contribution in [0.5, 0.6) is 0 Å². The van der Waals surface area contributed by atoms with Gasteiger partial charge in [0.1, 0.15) is 6.04 Å². The van der Waals surface area contributed by atoms with Crippen LogP contribution >= 0.6 is 0 Å². The zero-order chi connectivity index (χ0) is 12.6. The van der Waals surface area contributed by atoms with Crippen molar-refractivity contribution in [2.24, 2.45) is 5.73 Å². The summed E-state index contributed by atoms with van der Waals surface area (Å²) in [5.74, 6) is -0.0441. The first-order valence-electron chi connectivity index (χ1n) is 5.85. The maximum absolute atomic E-state index is 10.9. The topological polar surface area (TPSA) is 64.3 Å². The van der Waals surface area contributed by atoms with Gasteiger partial charge in [0.05, 0.1) is 6.04 Å². The van der Waals surface area contributed by atoms with Gasteiger partial charge >= 0.3 is 0 Å². The molecule has 4 nitrogen and oxygen atoms in total. The van der Waals surface area contributed by atoms with E-state index in [0.29, 0.717) is 6.61 Å². The maximum atomic E-state index is 10.9. The molecule has 1 amide bonds. The summed E-state index contributed by atoms with van der Waals surface area (Å²) < 4.78 is 6.02. The lowest BCUT2D eigenvalue weighted by Gasteiger charge is -2.38. The van der Waals surface area contributed by atoms with Crippen LogP contribution < -0.4 is 11.1 Å². The molecular formula is C11H24N2O2Si. The van der Waals surface area contributed by atoms with E-state index in [4.69, 9.17) is 10.2 Å². The molecule has 94 valence electrons. The second-order valence-electron chi connectivity index (χ2n) is 6.04. The summed E-state index contributed by atoms with van der Waals surface area (Å²) >= 11 is 0. The number of β-lactam (4-membered cyclic amide) rings is 1. The molecule has 0 aromatic rings. The van der Waals surface area contributed by atoms with E-state index in [1.807, 2.05) is 0 Å². The van der Waals surface area contributed by atoms with Crippen LogP contribution in [0.25, 0.3) is 0 Å². The summed E-state index contributed by atoms with van der Waals surface area (Å²) in [5.41, 5.74) is 5.65. The van der Waals surface area contributed by atoms with Crippen LogP contribution in [0.4, 0.5) is 0 Å². The minimum Gasteiger partial charge on any atom is -0.417 e. The lowest BCUT2D eigenvalue weighted by Crippen LogP contribution is -2.66. The Morgan fingerprint density at radius 1 is 1.44 bits per heavy atom. The highest BCUT2D eigenvalue weighted by molar-refractivity contribution is 6.74. The molecule has 16 heavy (non-hydrogen) atoms. The Hall–Kier alpha value is -0.393. The van der Waals surface area contributed by atoms with Gasteiger partial charge in [0.2, 0.25) is 5.91 Å². The fourth-order valence-corrected chi connectivity index (χ4v) is 2.43. The normalized spacial score (nSPS) is 26.2. The molecule has 2 unspecified atom stereocenters. The van der Waals surface area contributed by atoms with Crippen LogP contribution in [0.1, 0.15) is 27.2 Å². The molecule has 0 aromatic carbocycles. The Bertz CT molecular complexity index is 274. The van der Waals surface area contributed by atoms with Crippen LogP contribution in [0.15, 0.2) is 0 Å². The Balaban J connectivity index is 2.28. The molecule has 0 spiro atoms. The highest BCUT2D eigenvalue weighted by atomic mass is 28.4. The van der Waals surface area contributed by atoms with Crippen molar-refractivity contribution in [3.63, 3.8) is 0 Å². The molecule has 1 fully saturated rings. The van der Waals surface area contributed by atoms with E-state index >= 15 is 0 Å². The first kappa shape index (κ1) is 13.7. The zero-order valence-corrected chi connectivity index (χ0v) is 12.0. The lowest BCUT2D eigenvalue weighted by molar-refractivity contribution is -0.130. The number of nitrogens with one attached hydrogen (secondary N) is 1. The van der Waals surface area contributed by atoms with Gasteiger partial charge < -0.3 is 15.5 Å². The van der Waals surface area contributed by atoms with Gasteiger partial charge in [0.15, 0.2) is 8.32 Å². The van der Waals surface area contributed by atoms with Crippen molar-refractivity contribution in [2.75, 3.05) is 6.61 Å². The van der Waals surface area contributed by atoms with E-state index in [0.717, 1.165) is 6.42 Å². The number of carbonyl (C=O) groups is 1. The summed E-state index contributed by atoms with van der Waals surface area (Å²) in [6, 6.07) is -0.222. The van der Waals surface area contributed by atoms with Gasteiger partial charge in [-0.05, 0) is 24.6 Å². The highest BCUT2D eigenvalue weighted by Gasteiger charge is 2.39. The van der Waals surface area contributed by atoms with Crippen LogP contribution in [0, 0.1) is 0 Å². The van der Waals surface area contributed by atoms with Crippen LogP contribution in [-0.2, 0) is 9.22 Å². The number of amides is 1. The number of hydrogen-bond acceptors (Lipinski definition) is 3. The summed E-state index contributed by atoms with van der Waals surface area (Å²) in [5, 5.41) is 3.02. The quantitative estimate of drug-likeness (QED) is 0.577. The molecule has 0 saturated carbocycles. The molecule has 5 heteroatoms. The van der Waals surface area contributed by atoms with Gasteiger partial charge in [-0.2, -0.15) is 0 Å². The number of rotatable bonds is 4. The Morgan fingerprint density at radius 3 is 2.38 bits per heavy atom. The molecule has 3 N–H and O–H groups in total. The molecule has 2 atom stereocenters. The molecule has 1 aliphatic rings. The molecule has 1 rings (SSSR count). The van der Waals surface area contributed by atoms with Crippen molar-refractivity contribution in [3.8, 4) is 0 Å². The van der Waals surface area contributed by atoms with Crippen LogP contribution in [0.3, 0.4) is 0 Å². The summed E-state index contributed by atoms with van der Waals surface area (Å²) in [4.78, 5) is 10.9. The van der Waals surface area contributed by atoms with E-state index < -0.39 is 8.32 Å². The van der Waals surface area contributed by atoms with Crippen molar-refractivity contribution >= 4 is 14.2 Å². The predicted octanol–water partition coefficient (Wildman–Crippen LogP) is 1.22. The number of carbonyl (C=O) groups excluding carboxylic acids is 1. The van der Waals surface area contributed by atoms with E-state index in [2.05, 4.69) is 39.2 Å². The van der Waals surface area contributed by atoms with Gasteiger partial charge in [-0.3, -0.25) is 4.79 Å². The van der Waals surface area contributed by atoms with Crippen LogP contribution in [-0.4, -0.2) is 32.9 Å². The first-order valence-corrected chi connectivity index (χ1v) is 8.76. The zero-order valence-electron chi connectivity index (χ0n) is 11.0. The summed E-state index contributed by atoms with van der Waals surface area (Å²) in [6.07, 6.45) is 0.819. The molecule has 1 heterocycles. The SMILES string of the molecule is CC(C)(C)[Si](C)(C)OCCC1NC(=O)C1N. The van der Waals surface area contributed by atoms with Gasteiger partial charge in [0, 0.05) is 6.61 Å². The minimum atomic E-state index is -1.65. The Morgan fingerprint density at radius 2 is 2.00 bits per heavy atom. The average molecular weight is 244 g/mol. The third-order valence-corrected chi connectivity index (χ3v) is 8.30. The predicted molar refractivity (Wildman–Crippen MR) is 67.7 cm³/mol. The second-order valence-corrected chi connectivity index (χ2v) is 10.8. The Labute approximate surface area is 99.1 Å². The fourth-order valence-electron chi connectivity index (χ4n) is 1.36. The maximum Gasteiger partial charge on any atom is 0.239 e. The third kappa shape index (κ3) is 2.84. The smallest absolute Gasteiger partial charge is 0.239 e. The van der Waals surface area contributed by atoms with Gasteiger partial charge in [0.25, 0.3) is 0 Å². The van der Waals surface area contributed by atoms with E-state index in [1.165, 1.54) is 0 Å². The van der Waals surface area contributed by atoms with Crippen molar-refractivity contribution in [2.45, 2.75) is 57.4 Å². The Kier molecular flexibility index (Phi) is 3.82. The van der Waals surface area contributed by atoms with Crippen molar-refractivity contribution in [3.05, 3.63) is 0 Å².